The molecule has 2 aliphatic rings. The molecule has 25 heavy (non-hydrogen) atoms. The summed E-state index contributed by atoms with van der Waals surface area (Å²) in [5.41, 5.74) is 0.954. The number of carbonyl (C=O) groups is 1. The maximum absolute atomic E-state index is 13.4. The van der Waals surface area contributed by atoms with Crippen molar-refractivity contribution >= 4 is 5.91 Å². The number of carbonyl (C=O) groups excluding carboxylic acids is 1. The van der Waals surface area contributed by atoms with Gasteiger partial charge in [-0.1, -0.05) is 19.1 Å². The third-order valence-corrected chi connectivity index (χ3v) is 5.55. The number of amides is 1. The summed E-state index contributed by atoms with van der Waals surface area (Å²) in [6.07, 6.45) is 7.74. The summed E-state index contributed by atoms with van der Waals surface area (Å²) in [4.78, 5) is 19.3. The number of piperidine rings is 1. The van der Waals surface area contributed by atoms with E-state index >= 15 is 0 Å². The molecule has 0 bridgehead atoms. The van der Waals surface area contributed by atoms with Crippen LogP contribution in [0, 0.1) is 11.7 Å². The van der Waals surface area contributed by atoms with Crippen LogP contribution < -0.4 is 0 Å². The summed E-state index contributed by atoms with van der Waals surface area (Å²) < 4.78 is 15.6. The van der Waals surface area contributed by atoms with E-state index in [0.29, 0.717) is 6.04 Å². The third-order valence-electron chi connectivity index (χ3n) is 5.55. The highest BCUT2D eigenvalue weighted by Gasteiger charge is 2.46. The minimum atomic E-state index is -0.221. The number of aryl methyl sites for hydroxylation is 1. The summed E-state index contributed by atoms with van der Waals surface area (Å²) in [7, 11) is 0. The van der Waals surface area contributed by atoms with E-state index in [0.717, 1.165) is 50.2 Å². The second kappa shape index (κ2) is 6.62. The smallest absolute Gasteiger partial charge is 0.226 e. The predicted molar refractivity (Wildman–Crippen MR) is 93.7 cm³/mol. The molecule has 4 rings (SSSR count). The van der Waals surface area contributed by atoms with Gasteiger partial charge in [0.25, 0.3) is 0 Å². The summed E-state index contributed by atoms with van der Waals surface area (Å²) in [5.74, 6) is 1.30. The summed E-state index contributed by atoms with van der Waals surface area (Å²) in [5, 5.41) is 0. The average Bonchev–Trinajstić information content (AvgIpc) is 3.30. The predicted octanol–water partition coefficient (Wildman–Crippen LogP) is 3.55. The summed E-state index contributed by atoms with van der Waals surface area (Å²) >= 11 is 0. The molecule has 1 amide bonds. The molecule has 5 heteroatoms. The minimum Gasteiger partial charge on any atom is -0.340 e. The van der Waals surface area contributed by atoms with Crippen LogP contribution in [0.3, 0.4) is 0 Å². The lowest BCUT2D eigenvalue weighted by atomic mass is 10.0. The molecule has 1 aromatic heterocycles. The Morgan fingerprint density at radius 1 is 1.40 bits per heavy atom. The van der Waals surface area contributed by atoms with Gasteiger partial charge in [-0.15, -0.1) is 0 Å². The second-order valence-corrected chi connectivity index (χ2v) is 7.19. The molecule has 1 aliphatic carbocycles. The quantitative estimate of drug-likeness (QED) is 0.853. The van der Waals surface area contributed by atoms with Crippen LogP contribution in [0.2, 0.25) is 0 Å². The zero-order valence-electron chi connectivity index (χ0n) is 14.6. The Balaban J connectivity index is 1.43. The highest BCUT2D eigenvalue weighted by Crippen LogP contribution is 2.49. The molecule has 0 spiro atoms. The SMILES string of the molecule is CCc1nccn1C1CCCN(C(=O)C2CC2c2cccc(F)c2)C1. The van der Waals surface area contributed by atoms with Crippen molar-refractivity contribution in [1.82, 2.24) is 14.5 Å². The molecule has 2 aromatic rings. The number of nitrogens with zero attached hydrogens (tertiary/aromatic N) is 3. The normalized spacial score (nSPS) is 25.8. The fraction of sp³-hybridized carbons (Fsp3) is 0.500. The van der Waals surface area contributed by atoms with E-state index in [1.807, 2.05) is 23.4 Å². The van der Waals surface area contributed by atoms with Gasteiger partial charge in [-0.2, -0.15) is 0 Å². The molecule has 1 aromatic carbocycles. The lowest BCUT2D eigenvalue weighted by molar-refractivity contribution is -0.134. The number of benzene rings is 1. The Morgan fingerprint density at radius 3 is 3.08 bits per heavy atom. The zero-order chi connectivity index (χ0) is 17.4. The van der Waals surface area contributed by atoms with Crippen LogP contribution in [0.4, 0.5) is 4.39 Å². The summed E-state index contributed by atoms with van der Waals surface area (Å²) in [6, 6.07) is 7.00. The molecule has 4 nitrogen and oxygen atoms in total. The van der Waals surface area contributed by atoms with Crippen LogP contribution in [0.1, 0.15) is 49.5 Å². The van der Waals surface area contributed by atoms with Crippen molar-refractivity contribution in [2.45, 2.75) is 44.6 Å². The third kappa shape index (κ3) is 3.20. The van der Waals surface area contributed by atoms with Gasteiger partial charge in [-0.3, -0.25) is 4.79 Å². The van der Waals surface area contributed by atoms with Crippen LogP contribution in [0.25, 0.3) is 0 Å². The molecule has 3 atom stereocenters. The van der Waals surface area contributed by atoms with Crippen molar-refractivity contribution in [3.63, 3.8) is 0 Å². The number of imidazole rings is 1. The molecule has 0 radical (unpaired) electrons. The number of rotatable bonds is 4. The van der Waals surface area contributed by atoms with Gasteiger partial charge < -0.3 is 9.47 Å². The largest absolute Gasteiger partial charge is 0.340 e. The highest BCUT2D eigenvalue weighted by atomic mass is 19.1. The van der Waals surface area contributed by atoms with Gasteiger partial charge in [0.05, 0.1) is 6.04 Å². The van der Waals surface area contributed by atoms with E-state index in [4.69, 9.17) is 0 Å². The van der Waals surface area contributed by atoms with Crippen molar-refractivity contribution in [2.24, 2.45) is 5.92 Å². The monoisotopic (exact) mass is 341 g/mol. The van der Waals surface area contributed by atoms with Crippen LogP contribution in [0.5, 0.6) is 0 Å². The van der Waals surface area contributed by atoms with Crippen molar-refractivity contribution in [3.8, 4) is 0 Å². The molecular formula is C20H24FN3O. The topological polar surface area (TPSA) is 38.1 Å². The van der Waals surface area contributed by atoms with Crippen molar-refractivity contribution in [1.29, 1.82) is 0 Å². The Kier molecular flexibility index (Phi) is 4.32. The van der Waals surface area contributed by atoms with Gasteiger partial charge in [0, 0.05) is 37.8 Å². The van der Waals surface area contributed by atoms with Gasteiger partial charge in [0.2, 0.25) is 5.91 Å². The fourth-order valence-corrected chi connectivity index (χ4v) is 4.14. The van der Waals surface area contributed by atoms with E-state index in [2.05, 4.69) is 16.5 Å². The van der Waals surface area contributed by atoms with Crippen molar-refractivity contribution in [3.05, 3.63) is 53.9 Å². The molecule has 132 valence electrons. The standard InChI is InChI=1S/C20H24FN3O/c1-2-19-22-8-10-24(19)16-7-4-9-23(13-16)20(25)18-12-17(18)14-5-3-6-15(21)11-14/h3,5-6,8,10-11,16-18H,2,4,7,9,12-13H2,1H3. The summed E-state index contributed by atoms with van der Waals surface area (Å²) in [6.45, 7) is 3.70. The first-order valence-corrected chi connectivity index (χ1v) is 9.23. The molecule has 1 saturated carbocycles. The molecule has 3 unspecified atom stereocenters. The number of hydrogen-bond acceptors (Lipinski definition) is 2. The van der Waals surface area contributed by atoms with Crippen LogP contribution in [-0.2, 0) is 11.2 Å². The number of halogens is 1. The maximum atomic E-state index is 13.4. The van der Waals surface area contributed by atoms with E-state index < -0.39 is 0 Å². The van der Waals surface area contributed by atoms with Gasteiger partial charge in [0.1, 0.15) is 11.6 Å². The van der Waals surface area contributed by atoms with Crippen molar-refractivity contribution in [2.75, 3.05) is 13.1 Å². The number of aromatic nitrogens is 2. The van der Waals surface area contributed by atoms with E-state index in [1.165, 1.54) is 6.07 Å². The Morgan fingerprint density at radius 2 is 2.28 bits per heavy atom. The van der Waals surface area contributed by atoms with Gasteiger partial charge in [-0.25, -0.2) is 9.37 Å². The first-order chi connectivity index (χ1) is 12.2. The van der Waals surface area contributed by atoms with Gasteiger partial charge in [0.15, 0.2) is 0 Å². The van der Waals surface area contributed by atoms with E-state index in [1.54, 1.807) is 12.1 Å². The van der Waals surface area contributed by atoms with E-state index in [9.17, 15) is 9.18 Å². The fourth-order valence-electron chi connectivity index (χ4n) is 4.14. The molecule has 2 fully saturated rings. The maximum Gasteiger partial charge on any atom is 0.226 e. The minimum absolute atomic E-state index is 0.0222. The van der Waals surface area contributed by atoms with Crippen LogP contribution >= 0.6 is 0 Å². The van der Waals surface area contributed by atoms with Gasteiger partial charge >= 0.3 is 0 Å². The number of likely N-dealkylation sites (tertiary alicyclic amines) is 1. The molecule has 1 saturated heterocycles. The molecule has 0 N–H and O–H groups in total. The average molecular weight is 341 g/mol. The first-order valence-electron chi connectivity index (χ1n) is 9.23. The lowest BCUT2D eigenvalue weighted by Gasteiger charge is -2.34. The first kappa shape index (κ1) is 16.3. The molecule has 2 heterocycles. The molecule has 1 aliphatic heterocycles. The second-order valence-electron chi connectivity index (χ2n) is 7.19. The number of hydrogen-bond donors (Lipinski definition) is 0. The van der Waals surface area contributed by atoms with E-state index in [-0.39, 0.29) is 23.6 Å². The Bertz CT molecular complexity index is 772. The van der Waals surface area contributed by atoms with Crippen molar-refractivity contribution < 1.29 is 9.18 Å². The Hall–Kier alpha value is -2.17. The Labute approximate surface area is 147 Å². The van der Waals surface area contributed by atoms with Crippen LogP contribution in [0.15, 0.2) is 36.7 Å². The highest BCUT2D eigenvalue weighted by molar-refractivity contribution is 5.83. The zero-order valence-corrected chi connectivity index (χ0v) is 14.6. The molecular weight excluding hydrogens is 317 g/mol. The van der Waals surface area contributed by atoms with Crippen LogP contribution in [-0.4, -0.2) is 33.4 Å². The lowest BCUT2D eigenvalue weighted by Crippen LogP contribution is -2.41. The van der Waals surface area contributed by atoms with Gasteiger partial charge in [-0.05, 0) is 42.9 Å².